The van der Waals surface area contributed by atoms with Crippen LogP contribution in [0.15, 0.2) is 138 Å². The molecule has 0 bridgehead atoms. The normalized spacial score (nSPS) is 11.8. The van der Waals surface area contributed by atoms with Crippen LogP contribution in [0.4, 0.5) is 0 Å². The molecule has 0 saturated heterocycles. The van der Waals surface area contributed by atoms with E-state index in [9.17, 15) is 0 Å². The van der Waals surface area contributed by atoms with Crippen molar-refractivity contribution in [1.82, 2.24) is 19.1 Å². The molecule has 9 aromatic rings. The van der Waals surface area contributed by atoms with E-state index in [2.05, 4.69) is 145 Å². The van der Waals surface area contributed by atoms with Crippen molar-refractivity contribution in [1.29, 1.82) is 0 Å². The van der Waals surface area contributed by atoms with E-state index in [4.69, 9.17) is 14.4 Å². The third-order valence-electron chi connectivity index (χ3n) is 9.01. The standard InChI is InChI=1S/C40H28N4O/c1-43-35-15-5-3-13-33(35)41-39(43)27-21-17-25(18-22-27)29-9-7-11-31-32-12-8-10-30(38(32)45-37(29)31)26-19-23-28(24-20-26)40-42-34-14-4-6-16-36(34)44(40)2/h3-24H,1-2H3. The summed E-state index contributed by atoms with van der Waals surface area (Å²) in [5.74, 6) is 1.91. The van der Waals surface area contributed by atoms with E-state index in [1.165, 1.54) is 0 Å². The van der Waals surface area contributed by atoms with Gasteiger partial charge >= 0.3 is 0 Å². The van der Waals surface area contributed by atoms with E-state index in [1.807, 2.05) is 12.1 Å². The van der Waals surface area contributed by atoms with Gasteiger partial charge in [0.05, 0.1) is 22.1 Å². The first-order chi connectivity index (χ1) is 22.1. The maximum atomic E-state index is 6.74. The predicted octanol–water partition coefficient (Wildman–Crippen LogP) is 10.0. The predicted molar refractivity (Wildman–Crippen MR) is 184 cm³/mol. The van der Waals surface area contributed by atoms with Gasteiger partial charge in [0.2, 0.25) is 0 Å². The summed E-state index contributed by atoms with van der Waals surface area (Å²) in [6.07, 6.45) is 0. The highest BCUT2D eigenvalue weighted by Gasteiger charge is 2.17. The molecule has 3 heterocycles. The van der Waals surface area contributed by atoms with Crippen LogP contribution in [0.3, 0.4) is 0 Å². The molecule has 214 valence electrons. The number of nitrogens with zero attached hydrogens (tertiary/aromatic N) is 4. The van der Waals surface area contributed by atoms with Crippen LogP contribution in [0.5, 0.6) is 0 Å². The number of aromatic nitrogens is 4. The van der Waals surface area contributed by atoms with E-state index in [0.29, 0.717) is 0 Å². The molecule has 6 aromatic carbocycles. The molecule has 3 aromatic heterocycles. The Hall–Kier alpha value is -5.94. The lowest BCUT2D eigenvalue weighted by Crippen LogP contribution is -1.92. The van der Waals surface area contributed by atoms with Crippen molar-refractivity contribution in [3.63, 3.8) is 0 Å². The van der Waals surface area contributed by atoms with Crippen molar-refractivity contribution in [3.8, 4) is 45.0 Å². The second-order valence-corrected chi connectivity index (χ2v) is 11.6. The number of rotatable bonds is 4. The van der Waals surface area contributed by atoms with Crippen LogP contribution >= 0.6 is 0 Å². The van der Waals surface area contributed by atoms with Crippen LogP contribution in [0, 0.1) is 0 Å². The molecule has 0 fully saturated rings. The average Bonchev–Trinajstić information content (AvgIpc) is 3.76. The van der Waals surface area contributed by atoms with Crippen molar-refractivity contribution >= 4 is 44.0 Å². The number of para-hydroxylation sites is 6. The first kappa shape index (κ1) is 25.5. The van der Waals surface area contributed by atoms with Gasteiger partial charge in [-0.3, -0.25) is 0 Å². The number of furan rings is 1. The highest BCUT2D eigenvalue weighted by atomic mass is 16.3. The molecule has 0 spiro atoms. The zero-order valence-corrected chi connectivity index (χ0v) is 24.9. The Balaban J connectivity index is 1.10. The van der Waals surface area contributed by atoms with Crippen LogP contribution < -0.4 is 0 Å². The van der Waals surface area contributed by atoms with E-state index in [1.54, 1.807) is 0 Å². The summed E-state index contributed by atoms with van der Waals surface area (Å²) < 4.78 is 11.0. The Morgan fingerprint density at radius 1 is 0.422 bits per heavy atom. The Kier molecular flexibility index (Phi) is 5.56. The number of imidazole rings is 2. The largest absolute Gasteiger partial charge is 0.455 e. The van der Waals surface area contributed by atoms with Crippen LogP contribution in [-0.2, 0) is 14.1 Å². The number of hydrogen-bond donors (Lipinski definition) is 0. The molecule has 5 heteroatoms. The third-order valence-corrected chi connectivity index (χ3v) is 9.01. The topological polar surface area (TPSA) is 48.8 Å². The van der Waals surface area contributed by atoms with Gasteiger partial charge in [-0.2, -0.15) is 0 Å². The van der Waals surface area contributed by atoms with Crippen molar-refractivity contribution in [2.45, 2.75) is 0 Å². The molecule has 0 radical (unpaired) electrons. The fourth-order valence-corrected chi connectivity index (χ4v) is 6.68. The van der Waals surface area contributed by atoms with Crippen molar-refractivity contribution in [2.75, 3.05) is 0 Å². The van der Waals surface area contributed by atoms with Gasteiger partial charge in [0, 0.05) is 47.1 Å². The maximum Gasteiger partial charge on any atom is 0.143 e. The highest BCUT2D eigenvalue weighted by molar-refractivity contribution is 6.13. The molecule has 0 amide bonds. The van der Waals surface area contributed by atoms with Crippen molar-refractivity contribution in [2.24, 2.45) is 14.1 Å². The fourth-order valence-electron chi connectivity index (χ4n) is 6.68. The summed E-state index contributed by atoms with van der Waals surface area (Å²) in [4.78, 5) is 9.76. The monoisotopic (exact) mass is 580 g/mol. The molecular formula is C40H28N4O. The van der Waals surface area contributed by atoms with Gasteiger partial charge in [0.1, 0.15) is 22.8 Å². The lowest BCUT2D eigenvalue weighted by Gasteiger charge is -2.06. The van der Waals surface area contributed by atoms with Gasteiger partial charge in [0.25, 0.3) is 0 Å². The quantitative estimate of drug-likeness (QED) is 0.208. The molecular weight excluding hydrogens is 552 g/mol. The van der Waals surface area contributed by atoms with Gasteiger partial charge in [0.15, 0.2) is 0 Å². The second kappa shape index (κ2) is 9.79. The minimum atomic E-state index is 0.895. The Labute approximate surface area is 259 Å². The summed E-state index contributed by atoms with van der Waals surface area (Å²) >= 11 is 0. The summed E-state index contributed by atoms with van der Waals surface area (Å²) in [6.45, 7) is 0. The summed E-state index contributed by atoms with van der Waals surface area (Å²) in [6, 6.07) is 46.5. The second-order valence-electron chi connectivity index (χ2n) is 11.6. The summed E-state index contributed by atoms with van der Waals surface area (Å²) in [7, 11) is 4.14. The maximum absolute atomic E-state index is 6.74. The van der Waals surface area contributed by atoms with Crippen LogP contribution in [0.2, 0.25) is 0 Å². The minimum Gasteiger partial charge on any atom is -0.455 e. The summed E-state index contributed by atoms with van der Waals surface area (Å²) in [5.41, 5.74) is 12.6. The van der Waals surface area contributed by atoms with E-state index in [-0.39, 0.29) is 0 Å². The van der Waals surface area contributed by atoms with Crippen LogP contribution in [0.1, 0.15) is 0 Å². The van der Waals surface area contributed by atoms with Gasteiger partial charge in [-0.25, -0.2) is 9.97 Å². The first-order valence-electron chi connectivity index (χ1n) is 15.1. The fraction of sp³-hybridized carbons (Fsp3) is 0.0500. The molecule has 5 nitrogen and oxygen atoms in total. The molecule has 0 saturated carbocycles. The van der Waals surface area contributed by atoms with Crippen LogP contribution in [0.25, 0.3) is 89.0 Å². The van der Waals surface area contributed by atoms with E-state index < -0.39 is 0 Å². The molecule has 0 aliphatic heterocycles. The zero-order valence-electron chi connectivity index (χ0n) is 24.9. The Morgan fingerprint density at radius 3 is 1.24 bits per heavy atom. The van der Waals surface area contributed by atoms with Gasteiger partial charge in [-0.15, -0.1) is 0 Å². The Bertz CT molecular complexity index is 2370. The van der Waals surface area contributed by atoms with Crippen molar-refractivity contribution in [3.05, 3.63) is 133 Å². The average molecular weight is 581 g/mol. The number of hydrogen-bond acceptors (Lipinski definition) is 3. The zero-order chi connectivity index (χ0) is 30.1. The Morgan fingerprint density at radius 2 is 0.822 bits per heavy atom. The molecule has 0 aliphatic carbocycles. The number of aryl methyl sites for hydroxylation is 2. The SMILES string of the molecule is Cn1c(-c2ccc(-c3cccc4c3oc3c(-c5ccc(-c6nc7ccccc7n6C)cc5)cccc34)cc2)nc2ccccc21. The lowest BCUT2D eigenvalue weighted by atomic mass is 9.99. The van der Waals surface area contributed by atoms with Crippen LogP contribution in [-0.4, -0.2) is 19.1 Å². The molecule has 0 atom stereocenters. The molecule has 0 unspecified atom stereocenters. The smallest absolute Gasteiger partial charge is 0.143 e. The minimum absolute atomic E-state index is 0.895. The van der Waals surface area contributed by atoms with Crippen molar-refractivity contribution < 1.29 is 4.42 Å². The molecule has 0 N–H and O–H groups in total. The number of fused-ring (bicyclic) bond motifs is 5. The van der Waals surface area contributed by atoms with Gasteiger partial charge < -0.3 is 13.6 Å². The van der Waals surface area contributed by atoms with Gasteiger partial charge in [-0.05, 0) is 35.4 Å². The lowest BCUT2D eigenvalue weighted by molar-refractivity contribution is 0.671. The molecule has 0 aliphatic rings. The van der Waals surface area contributed by atoms with E-state index in [0.717, 1.165) is 89.0 Å². The number of benzene rings is 6. The third kappa shape index (κ3) is 3.94. The highest BCUT2D eigenvalue weighted by Crippen LogP contribution is 2.40. The van der Waals surface area contributed by atoms with E-state index >= 15 is 0 Å². The van der Waals surface area contributed by atoms with Gasteiger partial charge in [-0.1, -0.05) is 109 Å². The molecule has 9 rings (SSSR count). The molecule has 45 heavy (non-hydrogen) atoms. The first-order valence-corrected chi connectivity index (χ1v) is 15.1. The summed E-state index contributed by atoms with van der Waals surface area (Å²) in [5, 5.41) is 2.22.